The molecule has 2 N–H and O–H groups in total. The molecule has 1 aromatic rings. The number of hydrogen-bond donors (Lipinski definition) is 2. The zero-order valence-corrected chi connectivity index (χ0v) is 9.71. The van der Waals surface area contributed by atoms with E-state index in [2.05, 4.69) is 10.6 Å². The van der Waals surface area contributed by atoms with Crippen LogP contribution >= 0.6 is 0 Å². The first-order valence-electron chi connectivity index (χ1n) is 5.96. The third-order valence-electron chi connectivity index (χ3n) is 2.81. The molecular formula is C13H17FN2O. The van der Waals surface area contributed by atoms with Crippen molar-refractivity contribution in [2.24, 2.45) is 5.92 Å². The standard InChI is InChI=1S/C13H17FN2O/c14-12-5-3-10(4-6-12)7-15-9-13(17)16-8-11-1-2-11/h3-6,11,15H,1-2,7-9H2,(H,16,17). The quantitative estimate of drug-likeness (QED) is 0.784. The molecule has 1 fully saturated rings. The Balaban J connectivity index is 1.61. The van der Waals surface area contributed by atoms with E-state index in [0.29, 0.717) is 19.0 Å². The van der Waals surface area contributed by atoms with Gasteiger partial charge < -0.3 is 10.6 Å². The number of amides is 1. The normalized spacial score (nSPS) is 14.6. The number of rotatable bonds is 6. The van der Waals surface area contributed by atoms with Crippen molar-refractivity contribution >= 4 is 5.91 Å². The second-order valence-corrected chi connectivity index (χ2v) is 4.48. The van der Waals surface area contributed by atoms with Crippen LogP contribution in [0.1, 0.15) is 18.4 Å². The van der Waals surface area contributed by atoms with E-state index in [4.69, 9.17) is 0 Å². The highest BCUT2D eigenvalue weighted by Gasteiger charge is 2.21. The molecule has 0 bridgehead atoms. The van der Waals surface area contributed by atoms with Crippen molar-refractivity contribution in [3.8, 4) is 0 Å². The van der Waals surface area contributed by atoms with Crippen LogP contribution in [-0.4, -0.2) is 19.0 Å². The largest absolute Gasteiger partial charge is 0.355 e. The number of benzene rings is 1. The Morgan fingerprint density at radius 2 is 2.00 bits per heavy atom. The van der Waals surface area contributed by atoms with Crippen LogP contribution < -0.4 is 10.6 Å². The van der Waals surface area contributed by atoms with E-state index in [9.17, 15) is 9.18 Å². The molecule has 1 aliphatic rings. The van der Waals surface area contributed by atoms with Crippen LogP contribution in [0.5, 0.6) is 0 Å². The van der Waals surface area contributed by atoms with Gasteiger partial charge in [-0.2, -0.15) is 0 Å². The van der Waals surface area contributed by atoms with E-state index >= 15 is 0 Å². The lowest BCUT2D eigenvalue weighted by Crippen LogP contribution is -2.34. The fourth-order valence-electron chi connectivity index (χ4n) is 1.57. The lowest BCUT2D eigenvalue weighted by Gasteiger charge is -2.06. The van der Waals surface area contributed by atoms with Crippen molar-refractivity contribution in [3.63, 3.8) is 0 Å². The van der Waals surface area contributed by atoms with Gasteiger partial charge in [0.15, 0.2) is 0 Å². The number of hydrogen-bond acceptors (Lipinski definition) is 2. The molecule has 3 nitrogen and oxygen atoms in total. The number of carbonyl (C=O) groups is 1. The molecule has 2 rings (SSSR count). The van der Waals surface area contributed by atoms with Gasteiger partial charge in [-0.3, -0.25) is 4.79 Å². The minimum Gasteiger partial charge on any atom is -0.355 e. The maximum Gasteiger partial charge on any atom is 0.233 e. The third kappa shape index (κ3) is 4.53. The smallest absolute Gasteiger partial charge is 0.233 e. The molecule has 4 heteroatoms. The van der Waals surface area contributed by atoms with E-state index in [1.165, 1.54) is 25.0 Å². The molecule has 0 saturated heterocycles. The monoisotopic (exact) mass is 236 g/mol. The van der Waals surface area contributed by atoms with Crippen LogP contribution in [0.4, 0.5) is 4.39 Å². The predicted octanol–water partition coefficient (Wildman–Crippen LogP) is 1.44. The van der Waals surface area contributed by atoms with Crippen molar-refractivity contribution in [2.45, 2.75) is 19.4 Å². The highest BCUT2D eigenvalue weighted by Crippen LogP contribution is 2.27. The summed E-state index contributed by atoms with van der Waals surface area (Å²) in [5.74, 6) is 0.492. The Kier molecular flexibility index (Phi) is 4.09. The van der Waals surface area contributed by atoms with Gasteiger partial charge in [0, 0.05) is 13.1 Å². The van der Waals surface area contributed by atoms with E-state index < -0.39 is 0 Å². The second-order valence-electron chi connectivity index (χ2n) is 4.48. The first kappa shape index (κ1) is 12.0. The number of halogens is 1. The van der Waals surface area contributed by atoms with Gasteiger partial charge in [-0.15, -0.1) is 0 Å². The van der Waals surface area contributed by atoms with E-state index in [0.717, 1.165) is 12.1 Å². The van der Waals surface area contributed by atoms with Crippen molar-refractivity contribution < 1.29 is 9.18 Å². The highest BCUT2D eigenvalue weighted by molar-refractivity contribution is 5.77. The maximum atomic E-state index is 12.6. The third-order valence-corrected chi connectivity index (χ3v) is 2.81. The molecule has 0 radical (unpaired) electrons. The SMILES string of the molecule is O=C(CNCc1ccc(F)cc1)NCC1CC1. The zero-order chi connectivity index (χ0) is 12.1. The summed E-state index contributed by atoms with van der Waals surface area (Å²) in [5.41, 5.74) is 0.974. The molecular weight excluding hydrogens is 219 g/mol. The molecule has 0 heterocycles. The summed E-state index contributed by atoms with van der Waals surface area (Å²) in [6.07, 6.45) is 2.48. The molecule has 17 heavy (non-hydrogen) atoms. The van der Waals surface area contributed by atoms with E-state index in [-0.39, 0.29) is 11.7 Å². The van der Waals surface area contributed by atoms with Crippen molar-refractivity contribution in [1.29, 1.82) is 0 Å². The minimum atomic E-state index is -0.240. The fourth-order valence-corrected chi connectivity index (χ4v) is 1.57. The Bertz CT molecular complexity index is 374. The zero-order valence-electron chi connectivity index (χ0n) is 9.71. The predicted molar refractivity (Wildman–Crippen MR) is 63.8 cm³/mol. The molecule has 0 unspecified atom stereocenters. The summed E-state index contributed by atoms with van der Waals surface area (Å²) in [5, 5.41) is 5.91. The van der Waals surface area contributed by atoms with Gasteiger partial charge in [-0.05, 0) is 36.5 Å². The van der Waals surface area contributed by atoms with Crippen LogP contribution in [0, 0.1) is 11.7 Å². The van der Waals surface area contributed by atoms with Gasteiger partial charge in [0.1, 0.15) is 5.82 Å². The average molecular weight is 236 g/mol. The molecule has 0 aliphatic heterocycles. The molecule has 1 aliphatic carbocycles. The van der Waals surface area contributed by atoms with Gasteiger partial charge in [0.2, 0.25) is 5.91 Å². The molecule has 1 saturated carbocycles. The minimum absolute atomic E-state index is 0.0269. The van der Waals surface area contributed by atoms with Crippen molar-refractivity contribution in [1.82, 2.24) is 10.6 Å². The van der Waals surface area contributed by atoms with E-state index in [1.54, 1.807) is 12.1 Å². The number of carbonyl (C=O) groups excluding carboxylic acids is 1. The van der Waals surface area contributed by atoms with Gasteiger partial charge in [-0.25, -0.2) is 4.39 Å². The Hall–Kier alpha value is -1.42. The Morgan fingerprint density at radius 3 is 2.65 bits per heavy atom. The van der Waals surface area contributed by atoms with Gasteiger partial charge in [0.25, 0.3) is 0 Å². The molecule has 92 valence electrons. The van der Waals surface area contributed by atoms with Crippen molar-refractivity contribution in [2.75, 3.05) is 13.1 Å². The molecule has 1 amide bonds. The maximum absolute atomic E-state index is 12.6. The first-order valence-corrected chi connectivity index (χ1v) is 5.96. The Morgan fingerprint density at radius 1 is 1.29 bits per heavy atom. The van der Waals surface area contributed by atoms with Crippen molar-refractivity contribution in [3.05, 3.63) is 35.6 Å². The summed E-state index contributed by atoms with van der Waals surface area (Å²) in [7, 11) is 0. The van der Waals surface area contributed by atoms with Gasteiger partial charge >= 0.3 is 0 Å². The van der Waals surface area contributed by atoms with Crippen LogP contribution in [0.3, 0.4) is 0 Å². The highest BCUT2D eigenvalue weighted by atomic mass is 19.1. The van der Waals surface area contributed by atoms with Crippen LogP contribution in [-0.2, 0) is 11.3 Å². The number of nitrogens with one attached hydrogen (secondary N) is 2. The van der Waals surface area contributed by atoms with Crippen LogP contribution in [0.15, 0.2) is 24.3 Å². The molecule has 1 aromatic carbocycles. The summed E-state index contributed by atoms with van der Waals surface area (Å²) in [6, 6.07) is 6.27. The molecule has 0 spiro atoms. The van der Waals surface area contributed by atoms with Crippen LogP contribution in [0.2, 0.25) is 0 Å². The Labute approximate surface area is 100 Å². The summed E-state index contributed by atoms with van der Waals surface area (Å²) >= 11 is 0. The lowest BCUT2D eigenvalue weighted by atomic mass is 10.2. The summed E-state index contributed by atoms with van der Waals surface area (Å²) < 4.78 is 12.6. The molecule has 0 atom stereocenters. The van der Waals surface area contributed by atoms with E-state index in [1.807, 2.05) is 0 Å². The topological polar surface area (TPSA) is 41.1 Å². The van der Waals surface area contributed by atoms with Gasteiger partial charge in [-0.1, -0.05) is 12.1 Å². The first-order chi connectivity index (χ1) is 8.24. The van der Waals surface area contributed by atoms with Gasteiger partial charge in [0.05, 0.1) is 6.54 Å². The average Bonchev–Trinajstić information content (AvgIpc) is 3.13. The van der Waals surface area contributed by atoms with Crippen LogP contribution in [0.25, 0.3) is 0 Å². The lowest BCUT2D eigenvalue weighted by molar-refractivity contribution is -0.120. The summed E-state index contributed by atoms with van der Waals surface area (Å²) in [4.78, 5) is 11.4. The summed E-state index contributed by atoms with van der Waals surface area (Å²) in [6.45, 7) is 1.69. The molecule has 0 aromatic heterocycles. The second kappa shape index (κ2) is 5.77. The fraction of sp³-hybridized carbons (Fsp3) is 0.462.